The number of aromatic hydroxyl groups is 1. The lowest BCUT2D eigenvalue weighted by atomic mass is 10.2. The Morgan fingerprint density at radius 1 is 1.23 bits per heavy atom. The molecule has 0 saturated carbocycles. The van der Waals surface area contributed by atoms with Crippen LogP contribution in [0.25, 0.3) is 10.6 Å². The number of nitrogens with zero attached hydrogens (tertiary/aromatic N) is 2. The number of thiazole rings is 1. The Morgan fingerprint density at radius 3 is 2.73 bits per heavy atom. The topological polar surface area (TPSA) is 75.1 Å². The van der Waals surface area contributed by atoms with Crippen LogP contribution in [-0.2, 0) is 0 Å². The maximum absolute atomic E-state index is 12.1. The van der Waals surface area contributed by atoms with Gasteiger partial charge in [-0.25, -0.2) is 9.97 Å². The maximum atomic E-state index is 12.1. The van der Waals surface area contributed by atoms with E-state index in [1.165, 1.54) is 23.6 Å². The smallest absolute Gasteiger partial charge is 0.276 e. The highest BCUT2D eigenvalue weighted by molar-refractivity contribution is 7.13. The van der Waals surface area contributed by atoms with Gasteiger partial charge >= 0.3 is 0 Å². The fraction of sp³-hybridized carbons (Fsp3) is 0. The van der Waals surface area contributed by atoms with Crippen molar-refractivity contribution >= 4 is 34.7 Å². The molecule has 0 radical (unpaired) electrons. The highest BCUT2D eigenvalue weighted by Gasteiger charge is 2.14. The van der Waals surface area contributed by atoms with E-state index in [0.717, 1.165) is 5.56 Å². The van der Waals surface area contributed by atoms with Crippen molar-refractivity contribution in [1.29, 1.82) is 0 Å². The quantitative estimate of drug-likeness (QED) is 0.765. The van der Waals surface area contributed by atoms with Crippen LogP contribution in [0.4, 0.5) is 5.82 Å². The number of hydrogen-bond acceptors (Lipinski definition) is 5. The lowest BCUT2D eigenvalue weighted by Gasteiger charge is -2.03. The van der Waals surface area contributed by atoms with Gasteiger partial charge in [0.1, 0.15) is 10.7 Å². The first kappa shape index (κ1) is 14.5. The molecule has 7 heteroatoms. The zero-order chi connectivity index (χ0) is 15.5. The number of aromatic nitrogens is 2. The molecule has 5 nitrogen and oxygen atoms in total. The van der Waals surface area contributed by atoms with Gasteiger partial charge in [0.15, 0.2) is 11.6 Å². The number of rotatable bonds is 3. The average Bonchev–Trinajstić information content (AvgIpc) is 3.00. The zero-order valence-electron chi connectivity index (χ0n) is 11.2. The summed E-state index contributed by atoms with van der Waals surface area (Å²) in [6, 6.07) is 10.2. The van der Waals surface area contributed by atoms with E-state index in [4.69, 9.17) is 11.6 Å². The van der Waals surface area contributed by atoms with E-state index in [1.54, 1.807) is 23.6 Å². The molecule has 0 unspecified atom stereocenters. The molecule has 110 valence electrons. The Bertz CT molecular complexity index is 818. The summed E-state index contributed by atoms with van der Waals surface area (Å²) >= 11 is 7.20. The number of anilines is 1. The summed E-state index contributed by atoms with van der Waals surface area (Å²) in [5.41, 5.74) is 1.15. The molecule has 2 N–H and O–H groups in total. The molecule has 0 fully saturated rings. The van der Waals surface area contributed by atoms with Gasteiger partial charge in [0, 0.05) is 22.2 Å². The second kappa shape index (κ2) is 6.13. The number of carbonyl (C=O) groups excluding carboxylic acids is 1. The number of halogens is 1. The van der Waals surface area contributed by atoms with Crippen molar-refractivity contribution in [3.05, 3.63) is 58.7 Å². The number of amides is 1. The van der Waals surface area contributed by atoms with E-state index in [2.05, 4.69) is 15.3 Å². The molecule has 2 aromatic heterocycles. The third kappa shape index (κ3) is 3.08. The normalized spacial score (nSPS) is 10.4. The number of hydrogen-bond donors (Lipinski definition) is 2. The summed E-state index contributed by atoms with van der Waals surface area (Å²) in [4.78, 5) is 20.3. The molecule has 0 aliphatic rings. The maximum Gasteiger partial charge on any atom is 0.276 e. The van der Waals surface area contributed by atoms with Gasteiger partial charge in [0.25, 0.3) is 5.91 Å². The number of benzene rings is 1. The van der Waals surface area contributed by atoms with Crippen molar-refractivity contribution in [3.8, 4) is 16.3 Å². The van der Waals surface area contributed by atoms with Crippen LogP contribution in [0.15, 0.2) is 48.0 Å². The fourth-order valence-corrected chi connectivity index (χ4v) is 2.70. The van der Waals surface area contributed by atoms with Crippen LogP contribution in [0.2, 0.25) is 5.02 Å². The van der Waals surface area contributed by atoms with Crippen LogP contribution in [0, 0.1) is 0 Å². The zero-order valence-corrected chi connectivity index (χ0v) is 12.7. The third-order valence-electron chi connectivity index (χ3n) is 2.85. The van der Waals surface area contributed by atoms with Gasteiger partial charge in [-0.15, -0.1) is 11.3 Å². The van der Waals surface area contributed by atoms with E-state index < -0.39 is 5.91 Å². The highest BCUT2D eigenvalue weighted by Crippen LogP contribution is 2.26. The van der Waals surface area contributed by atoms with Crippen LogP contribution in [0.3, 0.4) is 0 Å². The van der Waals surface area contributed by atoms with Crippen molar-refractivity contribution in [2.24, 2.45) is 0 Å². The lowest BCUT2D eigenvalue weighted by Crippen LogP contribution is -2.13. The molecular formula is C15H10ClN3O2S. The molecule has 0 spiro atoms. The number of carbonyl (C=O) groups is 1. The van der Waals surface area contributed by atoms with Gasteiger partial charge in [-0.1, -0.05) is 23.7 Å². The monoisotopic (exact) mass is 331 g/mol. The van der Waals surface area contributed by atoms with Crippen molar-refractivity contribution in [3.63, 3.8) is 0 Å². The molecule has 1 amide bonds. The van der Waals surface area contributed by atoms with E-state index in [-0.39, 0.29) is 17.3 Å². The lowest BCUT2D eigenvalue weighted by molar-refractivity contribution is 0.102. The van der Waals surface area contributed by atoms with Gasteiger partial charge in [0.2, 0.25) is 0 Å². The van der Waals surface area contributed by atoms with Crippen LogP contribution in [0.1, 0.15) is 10.5 Å². The van der Waals surface area contributed by atoms with E-state index in [0.29, 0.717) is 10.0 Å². The summed E-state index contributed by atoms with van der Waals surface area (Å²) in [5.74, 6) is -0.414. The Labute approximate surface area is 135 Å². The third-order valence-corrected chi connectivity index (χ3v) is 3.99. The summed E-state index contributed by atoms with van der Waals surface area (Å²) < 4.78 is 0. The van der Waals surface area contributed by atoms with Crippen LogP contribution in [-0.4, -0.2) is 21.0 Å². The number of pyridine rings is 1. The second-order valence-electron chi connectivity index (χ2n) is 4.37. The van der Waals surface area contributed by atoms with Crippen molar-refractivity contribution in [2.75, 3.05) is 5.32 Å². The fourth-order valence-electron chi connectivity index (χ4n) is 1.77. The molecule has 22 heavy (non-hydrogen) atoms. The van der Waals surface area contributed by atoms with E-state index in [1.807, 2.05) is 12.1 Å². The predicted molar refractivity (Wildman–Crippen MR) is 86.4 cm³/mol. The van der Waals surface area contributed by atoms with Crippen molar-refractivity contribution < 1.29 is 9.90 Å². The Hall–Kier alpha value is -2.44. The Morgan fingerprint density at radius 2 is 2.00 bits per heavy atom. The van der Waals surface area contributed by atoms with Crippen LogP contribution < -0.4 is 5.32 Å². The van der Waals surface area contributed by atoms with Gasteiger partial charge < -0.3 is 10.4 Å². The molecule has 3 rings (SSSR count). The highest BCUT2D eigenvalue weighted by atomic mass is 35.5. The van der Waals surface area contributed by atoms with Gasteiger partial charge in [-0.05, 0) is 24.3 Å². The molecule has 2 heterocycles. The summed E-state index contributed by atoms with van der Waals surface area (Å²) in [5, 5.41) is 15.1. The minimum Gasteiger partial charge on any atom is -0.504 e. The summed E-state index contributed by atoms with van der Waals surface area (Å²) in [6.45, 7) is 0. The minimum absolute atomic E-state index is 0.0935. The van der Waals surface area contributed by atoms with Crippen molar-refractivity contribution in [1.82, 2.24) is 9.97 Å². The van der Waals surface area contributed by atoms with Crippen molar-refractivity contribution in [2.45, 2.75) is 0 Å². The Balaban J connectivity index is 1.80. The largest absolute Gasteiger partial charge is 0.504 e. The first-order chi connectivity index (χ1) is 10.6. The molecule has 1 aromatic carbocycles. The molecule has 3 aromatic rings. The summed E-state index contributed by atoms with van der Waals surface area (Å²) in [7, 11) is 0. The second-order valence-corrected chi connectivity index (χ2v) is 5.66. The first-order valence-electron chi connectivity index (χ1n) is 6.30. The Kier molecular flexibility index (Phi) is 4.04. The molecule has 0 bridgehead atoms. The van der Waals surface area contributed by atoms with Gasteiger partial charge in [-0.3, -0.25) is 4.79 Å². The molecule has 0 aliphatic carbocycles. The molecular weight excluding hydrogens is 322 g/mol. The minimum atomic E-state index is -0.425. The van der Waals surface area contributed by atoms with Gasteiger partial charge in [0.05, 0.1) is 0 Å². The standard InChI is InChI=1S/C15H10ClN3O2S/c16-10-5-3-9(4-6-10)15-18-11(8-22-15)14(21)19-13-12(20)2-1-7-17-13/h1-8,20H,(H,17,19,21). The van der Waals surface area contributed by atoms with E-state index in [9.17, 15) is 9.90 Å². The SMILES string of the molecule is O=C(Nc1ncccc1O)c1csc(-c2ccc(Cl)cc2)n1. The predicted octanol–water partition coefficient (Wildman–Crippen LogP) is 3.82. The van der Waals surface area contributed by atoms with Crippen LogP contribution >= 0.6 is 22.9 Å². The van der Waals surface area contributed by atoms with E-state index >= 15 is 0 Å². The molecule has 0 saturated heterocycles. The molecule has 0 atom stereocenters. The van der Waals surface area contributed by atoms with Crippen LogP contribution in [0.5, 0.6) is 5.75 Å². The van der Waals surface area contributed by atoms with Gasteiger partial charge in [-0.2, -0.15) is 0 Å². The summed E-state index contributed by atoms with van der Waals surface area (Å²) in [6.07, 6.45) is 1.48. The number of nitrogens with one attached hydrogen (secondary N) is 1. The first-order valence-corrected chi connectivity index (χ1v) is 7.56. The molecule has 0 aliphatic heterocycles. The average molecular weight is 332 g/mol.